The summed E-state index contributed by atoms with van der Waals surface area (Å²) in [5.74, 6) is -1.18. The van der Waals surface area contributed by atoms with Crippen molar-refractivity contribution in [1.82, 2.24) is 10.3 Å². The van der Waals surface area contributed by atoms with Gasteiger partial charge in [-0.3, -0.25) is 0 Å². The molecule has 0 saturated carbocycles. The van der Waals surface area contributed by atoms with Crippen LogP contribution in [0.15, 0.2) is 35.7 Å². The molecule has 1 atom stereocenters. The Kier molecular flexibility index (Phi) is 5.56. The highest BCUT2D eigenvalue weighted by Gasteiger charge is 2.27. The van der Waals surface area contributed by atoms with Crippen LogP contribution in [-0.4, -0.2) is 22.2 Å². The summed E-state index contributed by atoms with van der Waals surface area (Å²) in [7, 11) is 0. The van der Waals surface area contributed by atoms with Gasteiger partial charge >= 0.3 is 12.1 Å². The highest BCUT2D eigenvalue weighted by atomic mass is 32.1. The molecule has 2 aromatic rings. The minimum atomic E-state index is -1.24. The SMILES string of the molecule is CC(C)(C)c1nc(C(NC(=O)OCc2ccccc2)C(=O)O)cs1. The van der Waals surface area contributed by atoms with Gasteiger partial charge in [-0.25, -0.2) is 14.6 Å². The number of aliphatic carboxylic acids is 1. The number of amides is 1. The number of carbonyl (C=O) groups excluding carboxylic acids is 1. The quantitative estimate of drug-likeness (QED) is 0.863. The van der Waals surface area contributed by atoms with Crippen molar-refractivity contribution in [2.75, 3.05) is 0 Å². The van der Waals surface area contributed by atoms with E-state index in [4.69, 9.17) is 4.74 Å². The van der Waals surface area contributed by atoms with E-state index in [1.165, 1.54) is 11.3 Å². The Morgan fingerprint density at radius 2 is 1.96 bits per heavy atom. The van der Waals surface area contributed by atoms with Gasteiger partial charge in [-0.1, -0.05) is 51.1 Å². The van der Waals surface area contributed by atoms with Crippen LogP contribution in [0, 0.1) is 0 Å². The van der Waals surface area contributed by atoms with E-state index >= 15 is 0 Å². The van der Waals surface area contributed by atoms with Crippen molar-refractivity contribution < 1.29 is 19.4 Å². The molecule has 1 aromatic heterocycles. The standard InChI is InChI=1S/C17H20N2O4S/c1-17(2,3)15-18-12(10-24-15)13(14(20)21)19-16(22)23-9-11-7-5-4-6-8-11/h4-8,10,13H,9H2,1-3H3,(H,19,22)(H,20,21). The van der Waals surface area contributed by atoms with Crippen LogP contribution in [0.2, 0.25) is 0 Å². The first kappa shape index (κ1) is 17.9. The summed E-state index contributed by atoms with van der Waals surface area (Å²) in [6, 6.07) is 7.93. The van der Waals surface area contributed by atoms with Crippen LogP contribution in [0.3, 0.4) is 0 Å². The summed E-state index contributed by atoms with van der Waals surface area (Å²) >= 11 is 1.37. The van der Waals surface area contributed by atoms with Gasteiger partial charge in [0.15, 0.2) is 6.04 Å². The van der Waals surface area contributed by atoms with E-state index in [1.807, 2.05) is 51.1 Å². The number of benzene rings is 1. The molecule has 0 saturated heterocycles. The molecular formula is C17H20N2O4S. The number of hydrogen-bond acceptors (Lipinski definition) is 5. The van der Waals surface area contributed by atoms with Gasteiger partial charge < -0.3 is 15.2 Å². The van der Waals surface area contributed by atoms with Gasteiger partial charge in [0.25, 0.3) is 0 Å². The lowest BCUT2D eigenvalue weighted by Gasteiger charge is -2.15. The number of alkyl carbamates (subject to hydrolysis) is 1. The maximum Gasteiger partial charge on any atom is 0.408 e. The molecule has 0 bridgehead atoms. The summed E-state index contributed by atoms with van der Waals surface area (Å²) in [6.45, 7) is 6.05. The van der Waals surface area contributed by atoms with Crippen LogP contribution in [0.1, 0.15) is 43.1 Å². The molecule has 7 heteroatoms. The molecule has 2 N–H and O–H groups in total. The van der Waals surface area contributed by atoms with Gasteiger partial charge in [-0.05, 0) is 5.56 Å². The zero-order chi connectivity index (χ0) is 17.7. The monoisotopic (exact) mass is 348 g/mol. The van der Waals surface area contributed by atoms with Crippen LogP contribution in [0.5, 0.6) is 0 Å². The number of rotatable bonds is 5. The maximum atomic E-state index is 11.9. The molecule has 24 heavy (non-hydrogen) atoms. The number of ether oxygens (including phenoxy) is 1. The summed E-state index contributed by atoms with van der Waals surface area (Å²) in [4.78, 5) is 27.7. The molecule has 0 spiro atoms. The Hall–Kier alpha value is -2.41. The number of thiazole rings is 1. The van der Waals surface area contributed by atoms with Gasteiger partial charge in [0.1, 0.15) is 6.61 Å². The Balaban J connectivity index is 2.02. The Morgan fingerprint density at radius 3 is 2.50 bits per heavy atom. The van der Waals surface area contributed by atoms with Gasteiger partial charge in [0.05, 0.1) is 10.7 Å². The molecular weight excluding hydrogens is 328 g/mol. The fraction of sp³-hybridized carbons (Fsp3) is 0.353. The lowest BCUT2D eigenvalue weighted by Crippen LogP contribution is -2.34. The van der Waals surface area contributed by atoms with E-state index in [0.29, 0.717) is 5.69 Å². The van der Waals surface area contributed by atoms with Crippen molar-refractivity contribution in [2.24, 2.45) is 0 Å². The average Bonchev–Trinajstić information content (AvgIpc) is 3.01. The first-order valence-corrected chi connectivity index (χ1v) is 8.31. The van der Waals surface area contributed by atoms with Crippen molar-refractivity contribution in [3.8, 4) is 0 Å². The summed E-state index contributed by atoms with van der Waals surface area (Å²) < 4.78 is 5.07. The topological polar surface area (TPSA) is 88.5 Å². The Labute approximate surface area is 144 Å². The van der Waals surface area contributed by atoms with E-state index < -0.39 is 18.1 Å². The first-order chi connectivity index (χ1) is 11.3. The second-order valence-electron chi connectivity index (χ2n) is 6.30. The van der Waals surface area contributed by atoms with Crippen molar-refractivity contribution in [1.29, 1.82) is 0 Å². The molecule has 0 aliphatic rings. The van der Waals surface area contributed by atoms with Gasteiger partial charge in [0, 0.05) is 10.8 Å². The molecule has 0 radical (unpaired) electrons. The summed E-state index contributed by atoms with van der Waals surface area (Å²) in [6.07, 6.45) is -0.795. The zero-order valence-corrected chi connectivity index (χ0v) is 14.6. The van der Waals surface area contributed by atoms with E-state index in [-0.39, 0.29) is 12.0 Å². The normalized spacial score (nSPS) is 12.5. The average molecular weight is 348 g/mol. The number of hydrogen-bond donors (Lipinski definition) is 2. The highest BCUT2D eigenvalue weighted by Crippen LogP contribution is 2.27. The van der Waals surface area contributed by atoms with Crippen LogP contribution < -0.4 is 5.32 Å². The lowest BCUT2D eigenvalue weighted by molar-refractivity contribution is -0.139. The van der Waals surface area contributed by atoms with Gasteiger partial charge in [0.2, 0.25) is 0 Å². The molecule has 128 valence electrons. The minimum Gasteiger partial charge on any atom is -0.479 e. The van der Waals surface area contributed by atoms with Crippen molar-refractivity contribution >= 4 is 23.4 Å². The van der Waals surface area contributed by atoms with Crippen molar-refractivity contribution in [3.05, 3.63) is 52.0 Å². The summed E-state index contributed by atoms with van der Waals surface area (Å²) in [5, 5.41) is 14.2. The Morgan fingerprint density at radius 1 is 1.29 bits per heavy atom. The fourth-order valence-corrected chi connectivity index (χ4v) is 2.84. The van der Waals surface area contributed by atoms with E-state index in [2.05, 4.69) is 10.3 Å². The van der Waals surface area contributed by atoms with Crippen LogP contribution in [0.25, 0.3) is 0 Å². The van der Waals surface area contributed by atoms with Gasteiger partial charge in [-0.15, -0.1) is 11.3 Å². The molecule has 1 aromatic carbocycles. The molecule has 1 amide bonds. The van der Waals surface area contributed by atoms with Crippen LogP contribution >= 0.6 is 11.3 Å². The smallest absolute Gasteiger partial charge is 0.408 e. The maximum absolute atomic E-state index is 11.9. The second-order valence-corrected chi connectivity index (χ2v) is 7.16. The lowest BCUT2D eigenvalue weighted by atomic mass is 9.98. The van der Waals surface area contributed by atoms with Crippen LogP contribution in [0.4, 0.5) is 4.79 Å². The predicted molar refractivity (Wildman–Crippen MR) is 91.0 cm³/mol. The van der Waals surface area contributed by atoms with Gasteiger partial charge in [-0.2, -0.15) is 0 Å². The third-order valence-corrected chi connectivity index (χ3v) is 4.47. The Bertz CT molecular complexity index is 707. The number of nitrogens with one attached hydrogen (secondary N) is 1. The zero-order valence-electron chi connectivity index (χ0n) is 13.8. The number of carbonyl (C=O) groups is 2. The molecule has 6 nitrogen and oxygen atoms in total. The number of carboxylic acid groups (broad SMARTS) is 1. The molecule has 0 aliphatic heterocycles. The van der Waals surface area contributed by atoms with Crippen LogP contribution in [-0.2, 0) is 21.6 Å². The van der Waals surface area contributed by atoms with Crippen molar-refractivity contribution in [3.63, 3.8) is 0 Å². The molecule has 1 unspecified atom stereocenters. The molecule has 1 heterocycles. The third kappa shape index (κ3) is 4.79. The number of carboxylic acids is 1. The molecule has 0 fully saturated rings. The summed E-state index contributed by atoms with van der Waals surface area (Å²) in [5.41, 5.74) is 0.942. The highest BCUT2D eigenvalue weighted by molar-refractivity contribution is 7.09. The van der Waals surface area contributed by atoms with E-state index in [9.17, 15) is 14.7 Å². The fourth-order valence-electron chi connectivity index (χ4n) is 1.91. The first-order valence-electron chi connectivity index (χ1n) is 7.43. The predicted octanol–water partition coefficient (Wildman–Crippen LogP) is 3.49. The van der Waals surface area contributed by atoms with Crippen molar-refractivity contribution in [2.45, 2.75) is 38.8 Å². The number of aromatic nitrogens is 1. The van der Waals surface area contributed by atoms with E-state index in [1.54, 1.807) is 5.38 Å². The largest absolute Gasteiger partial charge is 0.479 e. The second kappa shape index (κ2) is 7.44. The van der Waals surface area contributed by atoms with E-state index in [0.717, 1.165) is 10.6 Å². The third-order valence-electron chi connectivity index (χ3n) is 3.18. The number of nitrogens with zero attached hydrogens (tertiary/aromatic N) is 1. The molecule has 2 rings (SSSR count). The molecule has 0 aliphatic carbocycles. The minimum absolute atomic E-state index is 0.0727.